The molecule has 0 aliphatic rings. The molecule has 0 saturated heterocycles. The molecule has 0 radical (unpaired) electrons. The summed E-state index contributed by atoms with van der Waals surface area (Å²) in [5.41, 5.74) is 8.25. The molecule has 2 aromatic rings. The monoisotopic (exact) mass is 321 g/mol. The summed E-state index contributed by atoms with van der Waals surface area (Å²) in [7, 11) is 0. The van der Waals surface area contributed by atoms with Crippen molar-refractivity contribution >= 4 is 15.9 Å². The van der Waals surface area contributed by atoms with E-state index in [4.69, 9.17) is 5.73 Å². The lowest BCUT2D eigenvalue weighted by atomic mass is 9.93. The Kier molecular flexibility index (Phi) is 5.11. The predicted molar refractivity (Wildman–Crippen MR) is 80.5 cm³/mol. The zero-order valence-electron chi connectivity index (χ0n) is 10.7. The van der Waals surface area contributed by atoms with Crippen LogP contribution in [-0.2, 0) is 12.8 Å². The Labute approximate surface area is 121 Å². The molecule has 0 heterocycles. The minimum absolute atomic E-state index is 0.194. The number of nitrogens with two attached hydrogens (primary N) is 1. The smallest absolute Gasteiger partial charge is 0.123 e. The van der Waals surface area contributed by atoms with Gasteiger partial charge in [-0.25, -0.2) is 4.39 Å². The minimum atomic E-state index is -0.194. The molecule has 2 aromatic carbocycles. The molecule has 19 heavy (non-hydrogen) atoms. The van der Waals surface area contributed by atoms with E-state index in [1.165, 1.54) is 17.7 Å². The lowest BCUT2D eigenvalue weighted by Gasteiger charge is -2.15. The number of rotatable bonds is 5. The molecular formula is C16H17BrFN. The standard InChI is InChI=1S/C16H17BrFN/c17-15-3-1-2-13(10-15)9-14(11-19)8-12-4-6-16(18)7-5-12/h1-7,10,14H,8-9,11,19H2. The van der Waals surface area contributed by atoms with E-state index in [0.29, 0.717) is 12.5 Å². The fourth-order valence-corrected chi connectivity index (χ4v) is 2.64. The molecule has 0 aliphatic carbocycles. The fourth-order valence-electron chi connectivity index (χ4n) is 2.19. The molecule has 1 nitrogen and oxygen atoms in total. The second-order valence-corrected chi connectivity index (χ2v) is 5.68. The summed E-state index contributed by atoms with van der Waals surface area (Å²) < 4.78 is 14.0. The van der Waals surface area contributed by atoms with Gasteiger partial charge >= 0.3 is 0 Å². The van der Waals surface area contributed by atoms with Gasteiger partial charge in [0.1, 0.15) is 5.82 Å². The highest BCUT2D eigenvalue weighted by Crippen LogP contribution is 2.17. The molecule has 1 unspecified atom stereocenters. The highest BCUT2D eigenvalue weighted by molar-refractivity contribution is 9.10. The Morgan fingerprint density at radius 1 is 1.00 bits per heavy atom. The molecule has 2 rings (SSSR count). The molecule has 0 fully saturated rings. The van der Waals surface area contributed by atoms with Gasteiger partial charge in [-0.3, -0.25) is 0 Å². The first-order valence-electron chi connectivity index (χ1n) is 6.36. The predicted octanol–water partition coefficient (Wildman–Crippen LogP) is 3.95. The van der Waals surface area contributed by atoms with Gasteiger partial charge in [-0.15, -0.1) is 0 Å². The zero-order chi connectivity index (χ0) is 13.7. The summed E-state index contributed by atoms with van der Waals surface area (Å²) in [4.78, 5) is 0. The van der Waals surface area contributed by atoms with E-state index in [1.807, 2.05) is 24.3 Å². The topological polar surface area (TPSA) is 26.0 Å². The van der Waals surface area contributed by atoms with Gasteiger partial charge in [0.25, 0.3) is 0 Å². The first-order chi connectivity index (χ1) is 9.17. The molecule has 0 spiro atoms. The van der Waals surface area contributed by atoms with Crippen LogP contribution in [0, 0.1) is 11.7 Å². The van der Waals surface area contributed by atoms with Crippen LogP contribution >= 0.6 is 15.9 Å². The third kappa shape index (κ3) is 4.44. The lowest BCUT2D eigenvalue weighted by Crippen LogP contribution is -2.19. The van der Waals surface area contributed by atoms with Gasteiger partial charge in [0, 0.05) is 4.47 Å². The van der Waals surface area contributed by atoms with Crippen LogP contribution in [0.2, 0.25) is 0 Å². The normalized spacial score (nSPS) is 12.4. The molecule has 3 heteroatoms. The molecule has 0 bridgehead atoms. The van der Waals surface area contributed by atoms with E-state index >= 15 is 0 Å². The molecule has 100 valence electrons. The summed E-state index contributed by atoms with van der Waals surface area (Å²) in [6, 6.07) is 14.9. The molecule has 1 atom stereocenters. The quantitative estimate of drug-likeness (QED) is 0.886. The van der Waals surface area contributed by atoms with E-state index in [9.17, 15) is 4.39 Å². The van der Waals surface area contributed by atoms with Gasteiger partial charge in [0.2, 0.25) is 0 Å². The Balaban J connectivity index is 2.02. The maximum Gasteiger partial charge on any atom is 0.123 e. The minimum Gasteiger partial charge on any atom is -0.330 e. The van der Waals surface area contributed by atoms with Crippen molar-refractivity contribution in [2.24, 2.45) is 11.7 Å². The number of hydrogen-bond donors (Lipinski definition) is 1. The molecule has 0 aromatic heterocycles. The molecule has 0 amide bonds. The van der Waals surface area contributed by atoms with Gasteiger partial charge in [-0.2, -0.15) is 0 Å². The van der Waals surface area contributed by atoms with Crippen molar-refractivity contribution in [1.82, 2.24) is 0 Å². The highest BCUT2D eigenvalue weighted by atomic mass is 79.9. The fraction of sp³-hybridized carbons (Fsp3) is 0.250. The summed E-state index contributed by atoms with van der Waals surface area (Å²) >= 11 is 3.48. The first-order valence-corrected chi connectivity index (χ1v) is 7.15. The Bertz CT molecular complexity index is 525. The molecule has 2 N–H and O–H groups in total. The van der Waals surface area contributed by atoms with Gasteiger partial charge in [0.15, 0.2) is 0 Å². The Hall–Kier alpha value is -1.19. The second-order valence-electron chi connectivity index (χ2n) is 4.77. The second kappa shape index (κ2) is 6.83. The number of halogens is 2. The third-order valence-corrected chi connectivity index (χ3v) is 3.68. The average Bonchev–Trinajstić information content (AvgIpc) is 2.40. The maximum absolute atomic E-state index is 12.9. The van der Waals surface area contributed by atoms with Crippen LogP contribution in [-0.4, -0.2) is 6.54 Å². The van der Waals surface area contributed by atoms with Crippen molar-refractivity contribution in [3.8, 4) is 0 Å². The van der Waals surface area contributed by atoms with Crippen LogP contribution < -0.4 is 5.73 Å². The van der Waals surface area contributed by atoms with Crippen LogP contribution in [0.5, 0.6) is 0 Å². The van der Waals surface area contributed by atoms with Gasteiger partial charge in [-0.1, -0.05) is 40.2 Å². The SMILES string of the molecule is NCC(Cc1ccc(F)cc1)Cc1cccc(Br)c1. The zero-order valence-corrected chi connectivity index (χ0v) is 12.2. The van der Waals surface area contributed by atoms with E-state index in [-0.39, 0.29) is 5.82 Å². The van der Waals surface area contributed by atoms with Crippen molar-refractivity contribution in [2.45, 2.75) is 12.8 Å². The van der Waals surface area contributed by atoms with Crippen LogP contribution in [0.15, 0.2) is 53.0 Å². The lowest BCUT2D eigenvalue weighted by molar-refractivity contribution is 0.532. The molecular weight excluding hydrogens is 305 g/mol. The molecule has 0 saturated carbocycles. The van der Waals surface area contributed by atoms with Gasteiger partial charge in [-0.05, 0) is 60.7 Å². The summed E-state index contributed by atoms with van der Waals surface area (Å²) in [6.07, 6.45) is 1.82. The number of benzene rings is 2. The Morgan fingerprint density at radius 3 is 2.32 bits per heavy atom. The van der Waals surface area contributed by atoms with Crippen molar-refractivity contribution in [3.05, 3.63) is 69.9 Å². The number of hydrogen-bond acceptors (Lipinski definition) is 1. The van der Waals surface area contributed by atoms with Crippen LogP contribution in [0.4, 0.5) is 4.39 Å². The Morgan fingerprint density at radius 2 is 1.68 bits per heavy atom. The maximum atomic E-state index is 12.9. The summed E-state index contributed by atoms with van der Waals surface area (Å²) in [6.45, 7) is 0.629. The van der Waals surface area contributed by atoms with Crippen molar-refractivity contribution in [2.75, 3.05) is 6.54 Å². The summed E-state index contributed by atoms with van der Waals surface area (Å²) in [5, 5.41) is 0. The largest absolute Gasteiger partial charge is 0.330 e. The van der Waals surface area contributed by atoms with Crippen LogP contribution in [0.25, 0.3) is 0 Å². The third-order valence-electron chi connectivity index (χ3n) is 3.18. The van der Waals surface area contributed by atoms with Crippen LogP contribution in [0.3, 0.4) is 0 Å². The van der Waals surface area contributed by atoms with Gasteiger partial charge in [0.05, 0.1) is 0 Å². The average molecular weight is 322 g/mol. The van der Waals surface area contributed by atoms with Gasteiger partial charge < -0.3 is 5.73 Å². The van der Waals surface area contributed by atoms with E-state index < -0.39 is 0 Å². The van der Waals surface area contributed by atoms with E-state index in [0.717, 1.165) is 22.9 Å². The van der Waals surface area contributed by atoms with Crippen molar-refractivity contribution in [3.63, 3.8) is 0 Å². The first kappa shape index (κ1) is 14.2. The van der Waals surface area contributed by atoms with Crippen molar-refractivity contribution < 1.29 is 4.39 Å². The van der Waals surface area contributed by atoms with Crippen molar-refractivity contribution in [1.29, 1.82) is 0 Å². The highest BCUT2D eigenvalue weighted by Gasteiger charge is 2.09. The van der Waals surface area contributed by atoms with Crippen LogP contribution in [0.1, 0.15) is 11.1 Å². The summed E-state index contributed by atoms with van der Waals surface area (Å²) in [5.74, 6) is 0.180. The van der Waals surface area contributed by atoms with E-state index in [1.54, 1.807) is 0 Å². The van der Waals surface area contributed by atoms with E-state index in [2.05, 4.69) is 28.1 Å². The molecule has 0 aliphatic heterocycles.